The molecule has 0 aliphatic heterocycles. The Morgan fingerprint density at radius 1 is 1.41 bits per heavy atom. The molecule has 0 aromatic carbocycles. The molecule has 0 spiro atoms. The number of aryl methyl sites for hydroxylation is 1. The average molecular weight is 382 g/mol. The molecule has 0 atom stereocenters. The summed E-state index contributed by atoms with van der Waals surface area (Å²) in [6, 6.07) is 4.83. The zero-order valence-corrected chi connectivity index (χ0v) is 15.9. The zero-order valence-electron chi connectivity index (χ0n) is 13.3. The van der Waals surface area contributed by atoms with Crippen LogP contribution in [0.25, 0.3) is 10.9 Å². The van der Waals surface area contributed by atoms with Crippen LogP contribution >= 0.6 is 15.9 Å². The van der Waals surface area contributed by atoms with Gasteiger partial charge in [-0.05, 0) is 28.0 Å². The average Bonchev–Trinajstić information content (AvgIpc) is 2.79. The van der Waals surface area contributed by atoms with E-state index in [1.807, 2.05) is 0 Å². The quantitative estimate of drug-likeness (QED) is 0.589. The number of fused-ring (bicyclic) bond motifs is 1. The van der Waals surface area contributed by atoms with Crippen LogP contribution in [-0.2, 0) is 18.5 Å². The molecule has 0 saturated heterocycles. The first-order valence-electron chi connectivity index (χ1n) is 7.11. The summed E-state index contributed by atoms with van der Waals surface area (Å²) in [5, 5.41) is 9.84. The standard InChI is InChI=1S/C15H20BrN3O2Si/c1-18-9-13(16)14-12(15(18)20)7-11(8-17)19(14)10-21-5-6-22(2,3)4/h7,9H,5-6,10H2,1-4H3. The second-order valence-corrected chi connectivity index (χ2v) is 13.0. The summed E-state index contributed by atoms with van der Waals surface area (Å²) in [6.45, 7) is 7.83. The Hall–Kier alpha value is -1.36. The molecule has 0 amide bonds. The molecular weight excluding hydrogens is 362 g/mol. The van der Waals surface area contributed by atoms with E-state index < -0.39 is 8.07 Å². The molecular formula is C15H20BrN3O2Si. The number of hydrogen-bond acceptors (Lipinski definition) is 3. The predicted molar refractivity (Wildman–Crippen MR) is 93.7 cm³/mol. The third-order valence-corrected chi connectivity index (χ3v) is 5.80. The lowest BCUT2D eigenvalue weighted by atomic mass is 10.3. The number of aromatic nitrogens is 2. The van der Waals surface area contributed by atoms with Crippen LogP contribution in [0.15, 0.2) is 21.5 Å². The molecule has 0 aliphatic rings. The van der Waals surface area contributed by atoms with E-state index in [1.54, 1.807) is 23.9 Å². The van der Waals surface area contributed by atoms with Crippen LogP contribution in [0.1, 0.15) is 5.69 Å². The summed E-state index contributed by atoms with van der Waals surface area (Å²) < 4.78 is 9.78. The van der Waals surface area contributed by atoms with Gasteiger partial charge in [0.05, 0.1) is 15.4 Å². The molecule has 2 aromatic heterocycles. The maximum absolute atomic E-state index is 12.2. The first-order valence-corrected chi connectivity index (χ1v) is 11.6. The zero-order chi connectivity index (χ0) is 16.5. The molecule has 7 heteroatoms. The Balaban J connectivity index is 2.35. The summed E-state index contributed by atoms with van der Waals surface area (Å²) >= 11 is 3.48. The molecule has 0 N–H and O–H groups in total. The highest BCUT2D eigenvalue weighted by atomic mass is 79.9. The molecule has 2 heterocycles. The molecule has 22 heavy (non-hydrogen) atoms. The number of nitriles is 1. The summed E-state index contributed by atoms with van der Waals surface area (Å²) in [5.74, 6) is 0. The van der Waals surface area contributed by atoms with Crippen molar-refractivity contribution in [3.05, 3.63) is 32.8 Å². The minimum atomic E-state index is -1.14. The van der Waals surface area contributed by atoms with Crippen molar-refractivity contribution >= 4 is 34.9 Å². The predicted octanol–water partition coefficient (Wildman–Crippen LogP) is 3.29. The Morgan fingerprint density at radius 3 is 2.68 bits per heavy atom. The molecule has 5 nitrogen and oxygen atoms in total. The number of pyridine rings is 1. The highest BCUT2D eigenvalue weighted by Gasteiger charge is 2.16. The number of ether oxygens (including phenoxy) is 1. The second-order valence-electron chi connectivity index (χ2n) is 6.57. The van der Waals surface area contributed by atoms with Gasteiger partial charge in [-0.2, -0.15) is 5.26 Å². The lowest BCUT2D eigenvalue weighted by molar-refractivity contribution is 0.0896. The fraction of sp³-hybridized carbons (Fsp3) is 0.467. The summed E-state index contributed by atoms with van der Waals surface area (Å²) in [7, 11) is 0.551. The van der Waals surface area contributed by atoms with Crippen LogP contribution in [0, 0.1) is 11.3 Å². The van der Waals surface area contributed by atoms with Crippen molar-refractivity contribution < 1.29 is 4.74 Å². The largest absolute Gasteiger partial charge is 0.361 e. The third kappa shape index (κ3) is 3.51. The van der Waals surface area contributed by atoms with Crippen molar-refractivity contribution in [3.63, 3.8) is 0 Å². The van der Waals surface area contributed by atoms with Gasteiger partial charge in [-0.1, -0.05) is 19.6 Å². The van der Waals surface area contributed by atoms with Crippen LogP contribution in [0.3, 0.4) is 0 Å². The smallest absolute Gasteiger partial charge is 0.259 e. The van der Waals surface area contributed by atoms with Gasteiger partial charge in [0.2, 0.25) is 0 Å². The summed E-state index contributed by atoms with van der Waals surface area (Å²) in [5.41, 5.74) is 1.04. The van der Waals surface area contributed by atoms with Gasteiger partial charge in [-0.15, -0.1) is 0 Å². The van der Waals surface area contributed by atoms with Crippen molar-refractivity contribution in [3.8, 4) is 6.07 Å². The van der Waals surface area contributed by atoms with Crippen molar-refractivity contribution in [1.82, 2.24) is 9.13 Å². The van der Waals surface area contributed by atoms with E-state index in [2.05, 4.69) is 41.6 Å². The lowest BCUT2D eigenvalue weighted by Gasteiger charge is -2.16. The van der Waals surface area contributed by atoms with Crippen molar-refractivity contribution in [2.75, 3.05) is 6.61 Å². The molecule has 0 radical (unpaired) electrons. The van der Waals surface area contributed by atoms with Gasteiger partial charge in [-0.25, -0.2) is 0 Å². The SMILES string of the molecule is Cn1cc(Br)c2c(cc(C#N)n2COCC[Si](C)(C)C)c1=O. The van der Waals surface area contributed by atoms with E-state index in [0.29, 0.717) is 23.2 Å². The number of rotatable bonds is 5. The molecule has 118 valence electrons. The van der Waals surface area contributed by atoms with Gasteiger partial charge >= 0.3 is 0 Å². The van der Waals surface area contributed by atoms with Gasteiger partial charge in [0.15, 0.2) is 0 Å². The topological polar surface area (TPSA) is 59.9 Å². The van der Waals surface area contributed by atoms with E-state index in [-0.39, 0.29) is 12.3 Å². The Bertz CT molecular complexity index is 796. The van der Waals surface area contributed by atoms with Crippen LogP contribution in [0.2, 0.25) is 25.7 Å². The molecule has 0 unspecified atom stereocenters. The highest BCUT2D eigenvalue weighted by Crippen LogP contribution is 2.25. The first kappa shape index (κ1) is 17.0. The van der Waals surface area contributed by atoms with Crippen molar-refractivity contribution in [2.45, 2.75) is 32.4 Å². The summed E-state index contributed by atoms with van der Waals surface area (Å²) in [4.78, 5) is 12.2. The second kappa shape index (κ2) is 6.40. The van der Waals surface area contributed by atoms with Crippen LogP contribution < -0.4 is 5.56 Å². The molecule has 0 aliphatic carbocycles. The summed E-state index contributed by atoms with van der Waals surface area (Å²) in [6.07, 6.45) is 1.71. The highest BCUT2D eigenvalue weighted by molar-refractivity contribution is 9.10. The molecule has 0 bridgehead atoms. The molecule has 2 aromatic rings. The van der Waals surface area contributed by atoms with Gasteiger partial charge in [0.1, 0.15) is 18.5 Å². The van der Waals surface area contributed by atoms with E-state index in [4.69, 9.17) is 4.74 Å². The van der Waals surface area contributed by atoms with E-state index >= 15 is 0 Å². The number of hydrogen-bond donors (Lipinski definition) is 0. The molecule has 0 saturated carbocycles. The Morgan fingerprint density at radius 2 is 2.09 bits per heavy atom. The first-order chi connectivity index (χ1) is 10.2. The van der Waals surface area contributed by atoms with E-state index in [1.165, 1.54) is 4.57 Å². The maximum atomic E-state index is 12.2. The van der Waals surface area contributed by atoms with Gasteiger partial charge < -0.3 is 13.9 Å². The number of nitrogens with zero attached hydrogens (tertiary/aromatic N) is 3. The van der Waals surface area contributed by atoms with Gasteiger partial charge in [0.25, 0.3) is 5.56 Å². The molecule has 2 rings (SSSR count). The van der Waals surface area contributed by atoms with Crippen molar-refractivity contribution in [1.29, 1.82) is 5.26 Å². The van der Waals surface area contributed by atoms with E-state index in [0.717, 1.165) is 10.5 Å². The van der Waals surface area contributed by atoms with E-state index in [9.17, 15) is 10.1 Å². The number of halogens is 1. The van der Waals surface area contributed by atoms with Crippen LogP contribution in [0.4, 0.5) is 0 Å². The van der Waals surface area contributed by atoms with Gasteiger partial charge in [0, 0.05) is 27.9 Å². The van der Waals surface area contributed by atoms with Crippen LogP contribution in [-0.4, -0.2) is 23.8 Å². The fourth-order valence-corrected chi connectivity index (χ4v) is 3.70. The Labute approximate surface area is 139 Å². The monoisotopic (exact) mass is 381 g/mol. The minimum absolute atomic E-state index is 0.115. The molecule has 0 fully saturated rings. The van der Waals surface area contributed by atoms with Crippen molar-refractivity contribution in [2.24, 2.45) is 7.05 Å². The maximum Gasteiger partial charge on any atom is 0.259 e. The Kier molecular flexibility index (Phi) is 4.95. The third-order valence-electron chi connectivity index (χ3n) is 3.51. The minimum Gasteiger partial charge on any atom is -0.361 e. The fourth-order valence-electron chi connectivity index (χ4n) is 2.21. The van der Waals surface area contributed by atoms with Crippen LogP contribution in [0.5, 0.6) is 0 Å². The van der Waals surface area contributed by atoms with Gasteiger partial charge in [-0.3, -0.25) is 4.79 Å². The lowest BCUT2D eigenvalue weighted by Crippen LogP contribution is -2.22. The normalized spacial score (nSPS) is 11.8.